The Bertz CT molecular complexity index is 2820. The van der Waals surface area contributed by atoms with Gasteiger partial charge in [-0.3, -0.25) is 0 Å². The quantitative estimate of drug-likeness (QED) is 0.178. The van der Waals surface area contributed by atoms with Crippen molar-refractivity contribution in [1.82, 2.24) is 4.98 Å². The van der Waals surface area contributed by atoms with Crippen LogP contribution in [0.3, 0.4) is 0 Å². The number of oxazole rings is 1. The highest BCUT2D eigenvalue weighted by atomic mass is 16.4. The standard InChI is InChI=1S/C45H28N2O2/c1-3-11-30(12-4-1)45-46-41-28-43-40(27-44(41)49-45)38-24-23-34(26-42(38)48-43)47(32-14-5-2-6-15-32)33-21-19-29(20-22-33)39-25-31-13-7-8-16-35(31)36-17-9-10-18-37(36)39/h1-28H. The number of benzene rings is 8. The SMILES string of the molecule is c1ccc(-c2nc3cc4oc5cc(N(c6ccccc6)c6ccc(-c7cc8ccccc8c8ccccc78)cc6)ccc5c4cc3o2)cc1. The van der Waals surface area contributed by atoms with E-state index in [1.807, 2.05) is 48.5 Å². The van der Waals surface area contributed by atoms with E-state index in [-0.39, 0.29) is 0 Å². The van der Waals surface area contributed by atoms with Crippen LogP contribution in [0.15, 0.2) is 179 Å². The van der Waals surface area contributed by atoms with Crippen molar-refractivity contribution in [2.75, 3.05) is 4.90 Å². The van der Waals surface area contributed by atoms with E-state index in [0.717, 1.165) is 55.7 Å². The molecule has 0 spiro atoms. The normalized spacial score (nSPS) is 11.7. The Morgan fingerprint density at radius 3 is 1.86 bits per heavy atom. The lowest BCUT2D eigenvalue weighted by molar-refractivity contribution is 0.620. The predicted molar refractivity (Wildman–Crippen MR) is 202 cm³/mol. The third-order valence-electron chi connectivity index (χ3n) is 9.46. The number of nitrogens with zero attached hydrogens (tertiary/aromatic N) is 2. The first-order valence-corrected chi connectivity index (χ1v) is 16.5. The van der Waals surface area contributed by atoms with Crippen LogP contribution in [0.25, 0.3) is 77.2 Å². The van der Waals surface area contributed by atoms with Crippen molar-refractivity contribution in [1.29, 1.82) is 0 Å². The molecule has 0 saturated heterocycles. The summed E-state index contributed by atoms with van der Waals surface area (Å²) < 4.78 is 12.7. The summed E-state index contributed by atoms with van der Waals surface area (Å²) in [4.78, 5) is 7.03. The summed E-state index contributed by atoms with van der Waals surface area (Å²) in [5.41, 5.74) is 9.60. The Hall–Kier alpha value is -6.65. The summed E-state index contributed by atoms with van der Waals surface area (Å²) in [5.74, 6) is 0.605. The van der Waals surface area contributed by atoms with E-state index in [9.17, 15) is 0 Å². The molecule has 8 aromatic carbocycles. The van der Waals surface area contributed by atoms with Crippen LogP contribution < -0.4 is 4.90 Å². The molecule has 0 aliphatic heterocycles. The molecule has 0 fully saturated rings. The van der Waals surface area contributed by atoms with Crippen LogP contribution in [-0.2, 0) is 0 Å². The van der Waals surface area contributed by atoms with E-state index in [4.69, 9.17) is 13.8 Å². The second-order valence-corrected chi connectivity index (χ2v) is 12.4. The highest BCUT2D eigenvalue weighted by Gasteiger charge is 2.18. The van der Waals surface area contributed by atoms with Crippen LogP contribution in [0.4, 0.5) is 17.1 Å². The van der Waals surface area contributed by atoms with Gasteiger partial charge in [0.15, 0.2) is 5.58 Å². The van der Waals surface area contributed by atoms with Gasteiger partial charge in [0.2, 0.25) is 5.89 Å². The molecule has 0 N–H and O–H groups in total. The second-order valence-electron chi connectivity index (χ2n) is 12.4. The Morgan fingerprint density at radius 1 is 0.388 bits per heavy atom. The fourth-order valence-electron chi connectivity index (χ4n) is 7.14. The van der Waals surface area contributed by atoms with E-state index in [1.54, 1.807) is 0 Å². The maximum absolute atomic E-state index is 6.48. The number of aromatic nitrogens is 1. The highest BCUT2D eigenvalue weighted by molar-refractivity contribution is 6.14. The average Bonchev–Trinajstić information content (AvgIpc) is 3.75. The van der Waals surface area contributed by atoms with Gasteiger partial charge in [-0.15, -0.1) is 0 Å². The van der Waals surface area contributed by atoms with Crippen LogP contribution in [0.2, 0.25) is 0 Å². The van der Waals surface area contributed by atoms with E-state index in [1.165, 1.54) is 32.7 Å². The predicted octanol–water partition coefficient (Wildman–Crippen LogP) is 12.8. The third-order valence-corrected chi connectivity index (χ3v) is 9.46. The van der Waals surface area contributed by atoms with Gasteiger partial charge in [-0.05, 0) is 93.3 Å². The number of fused-ring (bicyclic) bond motifs is 7. The molecular weight excluding hydrogens is 601 g/mol. The van der Waals surface area contributed by atoms with Gasteiger partial charge >= 0.3 is 0 Å². The highest BCUT2D eigenvalue weighted by Crippen LogP contribution is 2.41. The van der Waals surface area contributed by atoms with Crippen LogP contribution in [-0.4, -0.2) is 4.98 Å². The smallest absolute Gasteiger partial charge is 0.227 e. The number of hydrogen-bond acceptors (Lipinski definition) is 4. The zero-order chi connectivity index (χ0) is 32.3. The number of hydrogen-bond donors (Lipinski definition) is 0. The first-order valence-electron chi connectivity index (χ1n) is 16.5. The summed E-state index contributed by atoms with van der Waals surface area (Å²) >= 11 is 0. The van der Waals surface area contributed by atoms with Crippen LogP contribution in [0, 0.1) is 0 Å². The average molecular weight is 629 g/mol. The lowest BCUT2D eigenvalue weighted by Gasteiger charge is -2.25. The molecule has 4 nitrogen and oxygen atoms in total. The minimum Gasteiger partial charge on any atom is -0.456 e. The Kier molecular flexibility index (Phi) is 6.15. The molecular formula is C45H28N2O2. The molecule has 0 bridgehead atoms. The minimum absolute atomic E-state index is 0.605. The largest absolute Gasteiger partial charge is 0.456 e. The second kappa shape index (κ2) is 11.0. The molecule has 0 aliphatic rings. The lowest BCUT2D eigenvalue weighted by atomic mass is 9.93. The molecule has 0 saturated carbocycles. The summed E-state index contributed by atoms with van der Waals surface area (Å²) in [6.45, 7) is 0. The Labute approximate surface area is 282 Å². The molecule has 0 amide bonds. The molecule has 4 heteroatoms. The van der Waals surface area contributed by atoms with E-state index >= 15 is 0 Å². The van der Waals surface area contributed by atoms with Gasteiger partial charge in [-0.2, -0.15) is 0 Å². The van der Waals surface area contributed by atoms with Gasteiger partial charge in [0.1, 0.15) is 16.7 Å². The zero-order valence-electron chi connectivity index (χ0n) is 26.4. The van der Waals surface area contributed by atoms with Crippen molar-refractivity contribution < 1.29 is 8.83 Å². The van der Waals surface area contributed by atoms with Crippen molar-refractivity contribution in [3.63, 3.8) is 0 Å². The van der Waals surface area contributed by atoms with E-state index in [0.29, 0.717) is 5.89 Å². The summed E-state index contributed by atoms with van der Waals surface area (Å²) in [5, 5.41) is 7.07. The van der Waals surface area contributed by atoms with Gasteiger partial charge in [-0.25, -0.2) is 4.98 Å². The van der Waals surface area contributed by atoms with Gasteiger partial charge < -0.3 is 13.7 Å². The molecule has 230 valence electrons. The molecule has 0 atom stereocenters. The topological polar surface area (TPSA) is 42.4 Å². The lowest BCUT2D eigenvalue weighted by Crippen LogP contribution is -2.09. The summed E-state index contributed by atoms with van der Waals surface area (Å²) in [6.07, 6.45) is 0. The van der Waals surface area contributed by atoms with E-state index < -0.39 is 0 Å². The van der Waals surface area contributed by atoms with Gasteiger partial charge in [0.25, 0.3) is 0 Å². The van der Waals surface area contributed by atoms with Gasteiger partial charge in [-0.1, -0.05) is 97.1 Å². The van der Waals surface area contributed by atoms with Crippen molar-refractivity contribution in [3.8, 4) is 22.6 Å². The van der Waals surface area contributed by atoms with Crippen LogP contribution in [0.1, 0.15) is 0 Å². The number of furan rings is 1. The fraction of sp³-hybridized carbons (Fsp3) is 0. The molecule has 10 rings (SSSR count). The van der Waals surface area contributed by atoms with Crippen LogP contribution >= 0.6 is 0 Å². The van der Waals surface area contributed by atoms with Gasteiger partial charge in [0.05, 0.1) is 0 Å². The molecule has 49 heavy (non-hydrogen) atoms. The number of anilines is 3. The van der Waals surface area contributed by atoms with Gasteiger partial charge in [0, 0.05) is 45.5 Å². The summed E-state index contributed by atoms with van der Waals surface area (Å²) in [7, 11) is 0. The minimum atomic E-state index is 0.605. The maximum atomic E-state index is 6.48. The molecule has 2 heterocycles. The third kappa shape index (κ3) is 4.57. The first kappa shape index (κ1) is 27.5. The van der Waals surface area contributed by atoms with E-state index in [2.05, 4.69) is 126 Å². The zero-order valence-corrected chi connectivity index (χ0v) is 26.4. The van der Waals surface area contributed by atoms with Crippen molar-refractivity contribution in [3.05, 3.63) is 170 Å². The molecule has 0 unspecified atom stereocenters. The monoisotopic (exact) mass is 628 g/mol. The van der Waals surface area contributed by atoms with Crippen molar-refractivity contribution in [2.24, 2.45) is 0 Å². The molecule has 0 aliphatic carbocycles. The Balaban J connectivity index is 1.07. The summed E-state index contributed by atoms with van der Waals surface area (Å²) in [6, 6.07) is 59.4. The van der Waals surface area contributed by atoms with Crippen molar-refractivity contribution >= 4 is 71.6 Å². The Morgan fingerprint density at radius 2 is 1.04 bits per heavy atom. The first-order chi connectivity index (χ1) is 24.3. The molecule has 2 aromatic heterocycles. The fourth-order valence-corrected chi connectivity index (χ4v) is 7.14. The number of para-hydroxylation sites is 1. The van der Waals surface area contributed by atoms with Crippen LogP contribution in [0.5, 0.6) is 0 Å². The maximum Gasteiger partial charge on any atom is 0.227 e. The number of rotatable bonds is 5. The molecule has 10 aromatic rings. The van der Waals surface area contributed by atoms with Crippen molar-refractivity contribution in [2.45, 2.75) is 0 Å². The molecule has 0 radical (unpaired) electrons.